The van der Waals surface area contributed by atoms with Gasteiger partial charge in [-0.2, -0.15) is 0 Å². The summed E-state index contributed by atoms with van der Waals surface area (Å²) in [5, 5.41) is 11.2. The summed E-state index contributed by atoms with van der Waals surface area (Å²) < 4.78 is 0. The average Bonchev–Trinajstić information content (AvgIpc) is 3.21. The number of Topliss-reactive ketones (excluding diaryl/α,β-unsaturated/α-hetero) is 1. The van der Waals surface area contributed by atoms with E-state index in [0.717, 1.165) is 41.6 Å². The van der Waals surface area contributed by atoms with Crippen molar-refractivity contribution in [2.45, 2.75) is 105 Å². The van der Waals surface area contributed by atoms with Crippen LogP contribution in [0.2, 0.25) is 0 Å². The van der Waals surface area contributed by atoms with Crippen molar-refractivity contribution in [1.29, 1.82) is 0 Å². The van der Waals surface area contributed by atoms with Gasteiger partial charge in [-0.1, -0.05) is 84.2 Å². The van der Waals surface area contributed by atoms with Crippen LogP contribution in [0.4, 0.5) is 0 Å². The molecule has 0 amide bonds. The summed E-state index contributed by atoms with van der Waals surface area (Å²) in [6.45, 7) is 12.4. The van der Waals surface area contributed by atoms with Gasteiger partial charge in [0.15, 0.2) is 5.78 Å². The molecular formula is C34H50O2. The fourth-order valence-corrected chi connectivity index (χ4v) is 9.98. The van der Waals surface area contributed by atoms with Crippen LogP contribution in [-0.2, 0) is 4.79 Å². The quantitative estimate of drug-likeness (QED) is 0.319. The molecule has 0 saturated heterocycles. The van der Waals surface area contributed by atoms with Crippen molar-refractivity contribution in [2.75, 3.05) is 0 Å². The summed E-state index contributed by atoms with van der Waals surface area (Å²) in [6.07, 6.45) is 13.6. The minimum atomic E-state index is 0.136. The van der Waals surface area contributed by atoms with E-state index in [1.54, 1.807) is 0 Å². The van der Waals surface area contributed by atoms with Gasteiger partial charge < -0.3 is 5.11 Å². The third kappa shape index (κ3) is 4.39. The van der Waals surface area contributed by atoms with E-state index in [0.29, 0.717) is 29.2 Å². The predicted octanol–water partition coefficient (Wildman–Crippen LogP) is 9.26. The van der Waals surface area contributed by atoms with Crippen molar-refractivity contribution in [2.24, 2.45) is 52.3 Å². The maximum absolute atomic E-state index is 13.2. The Balaban J connectivity index is 1.36. The van der Waals surface area contributed by atoms with Crippen LogP contribution in [-0.4, -0.2) is 10.9 Å². The number of aliphatic hydroxyl groups is 1. The van der Waals surface area contributed by atoms with Crippen molar-refractivity contribution < 1.29 is 9.90 Å². The fraction of sp³-hybridized carbons (Fsp3) is 0.735. The first-order chi connectivity index (χ1) is 17.1. The molecule has 5 rings (SSSR count). The summed E-state index contributed by atoms with van der Waals surface area (Å²) in [5.74, 6) is 5.78. The Kier molecular flexibility index (Phi) is 7.20. The van der Waals surface area contributed by atoms with Crippen molar-refractivity contribution in [3.63, 3.8) is 0 Å². The Bertz CT molecular complexity index is 976. The predicted molar refractivity (Wildman–Crippen MR) is 149 cm³/mol. The van der Waals surface area contributed by atoms with E-state index in [1.165, 1.54) is 57.8 Å². The number of carbonyl (C=O) groups excluding carboxylic acids is 1. The molecule has 0 bridgehead atoms. The lowest BCUT2D eigenvalue weighted by Crippen LogP contribution is -2.54. The highest BCUT2D eigenvalue weighted by molar-refractivity contribution is 6.02. The second kappa shape index (κ2) is 9.95. The third-order valence-corrected chi connectivity index (χ3v) is 11.9. The number of hydrogen-bond donors (Lipinski definition) is 1. The molecule has 0 aliphatic heterocycles. The lowest BCUT2D eigenvalue weighted by Gasteiger charge is -2.60. The number of rotatable bonds is 6. The molecular weight excluding hydrogens is 440 g/mol. The van der Waals surface area contributed by atoms with E-state index in [4.69, 9.17) is 0 Å². The monoisotopic (exact) mass is 490 g/mol. The van der Waals surface area contributed by atoms with Gasteiger partial charge >= 0.3 is 0 Å². The highest BCUT2D eigenvalue weighted by Crippen LogP contribution is 2.68. The van der Waals surface area contributed by atoms with Gasteiger partial charge in [0.05, 0.1) is 0 Å². The van der Waals surface area contributed by atoms with Crippen LogP contribution in [0, 0.1) is 52.3 Å². The molecule has 0 aromatic heterocycles. The van der Waals surface area contributed by atoms with Gasteiger partial charge in [-0.3, -0.25) is 4.79 Å². The molecule has 198 valence electrons. The smallest absolute Gasteiger partial charge is 0.162 e. The zero-order valence-corrected chi connectivity index (χ0v) is 23.6. The Morgan fingerprint density at radius 2 is 1.67 bits per heavy atom. The van der Waals surface area contributed by atoms with Crippen LogP contribution < -0.4 is 0 Å². The van der Waals surface area contributed by atoms with Gasteiger partial charge in [0.25, 0.3) is 0 Å². The molecule has 8 unspecified atom stereocenters. The van der Waals surface area contributed by atoms with Gasteiger partial charge in [-0.05, 0) is 97.2 Å². The molecule has 1 N–H and O–H groups in total. The summed E-state index contributed by atoms with van der Waals surface area (Å²) in [6, 6.07) is 9.72. The van der Waals surface area contributed by atoms with Crippen LogP contribution in [0.25, 0.3) is 5.76 Å². The molecule has 2 heteroatoms. The van der Waals surface area contributed by atoms with Crippen LogP contribution in [0.15, 0.2) is 35.9 Å². The topological polar surface area (TPSA) is 37.3 Å². The Hall–Kier alpha value is -1.57. The SMILES string of the molecule is CC(C)CCCC(C)C1CCC2C3CCC4CC(=O)/C(=C(\O)c5ccccc5)CC4(C)C3CCC12C. The minimum absolute atomic E-state index is 0.136. The number of carbonyl (C=O) groups is 1. The number of benzene rings is 1. The Morgan fingerprint density at radius 1 is 0.944 bits per heavy atom. The third-order valence-electron chi connectivity index (χ3n) is 11.9. The summed E-state index contributed by atoms with van der Waals surface area (Å²) in [5.41, 5.74) is 2.13. The van der Waals surface area contributed by atoms with Crippen molar-refractivity contribution in [3.05, 3.63) is 41.5 Å². The largest absolute Gasteiger partial charge is 0.507 e. The normalized spacial score (nSPS) is 40.4. The second-order valence-corrected chi connectivity index (χ2v) is 14.2. The van der Waals surface area contributed by atoms with Crippen LogP contribution in [0.3, 0.4) is 0 Å². The molecule has 1 aromatic rings. The van der Waals surface area contributed by atoms with E-state index in [-0.39, 0.29) is 17.0 Å². The molecule has 4 saturated carbocycles. The van der Waals surface area contributed by atoms with Crippen molar-refractivity contribution in [1.82, 2.24) is 0 Å². The van der Waals surface area contributed by atoms with Gasteiger partial charge in [-0.25, -0.2) is 0 Å². The minimum Gasteiger partial charge on any atom is -0.507 e. The standard InChI is InChI=1S/C34H50O2/c1-22(2)10-9-11-23(3)28-16-17-29-26-15-14-25-20-31(35)27(32(36)24-12-7-6-8-13-24)21-34(25,5)30(26)18-19-33(28,29)4/h6-8,12-13,22-23,25-26,28-30,36H,9-11,14-21H2,1-5H3/b32-27-. The van der Waals surface area contributed by atoms with E-state index in [2.05, 4.69) is 34.6 Å². The van der Waals surface area contributed by atoms with E-state index in [1.807, 2.05) is 30.3 Å². The summed E-state index contributed by atoms with van der Waals surface area (Å²) in [4.78, 5) is 13.2. The van der Waals surface area contributed by atoms with E-state index < -0.39 is 0 Å². The van der Waals surface area contributed by atoms with Gasteiger partial charge in [-0.15, -0.1) is 0 Å². The number of ketones is 1. The molecule has 4 fully saturated rings. The molecule has 0 radical (unpaired) electrons. The first-order valence-electron chi connectivity index (χ1n) is 15.2. The van der Waals surface area contributed by atoms with Crippen LogP contribution >= 0.6 is 0 Å². The zero-order chi connectivity index (χ0) is 25.7. The molecule has 2 nitrogen and oxygen atoms in total. The Morgan fingerprint density at radius 3 is 2.39 bits per heavy atom. The summed E-state index contributed by atoms with van der Waals surface area (Å²) in [7, 11) is 0. The number of hydrogen-bond acceptors (Lipinski definition) is 2. The molecule has 0 spiro atoms. The highest BCUT2D eigenvalue weighted by Gasteiger charge is 2.61. The molecule has 0 heterocycles. The van der Waals surface area contributed by atoms with Crippen LogP contribution in [0.5, 0.6) is 0 Å². The number of allylic oxidation sites excluding steroid dienone is 1. The number of fused-ring (bicyclic) bond motifs is 5. The average molecular weight is 491 g/mol. The zero-order valence-electron chi connectivity index (χ0n) is 23.6. The van der Waals surface area contributed by atoms with E-state index >= 15 is 0 Å². The Labute approximate surface area is 220 Å². The fourth-order valence-electron chi connectivity index (χ4n) is 9.98. The molecule has 4 aliphatic rings. The lowest BCUT2D eigenvalue weighted by atomic mass is 9.44. The second-order valence-electron chi connectivity index (χ2n) is 14.2. The lowest BCUT2D eigenvalue weighted by molar-refractivity contribution is -0.133. The van der Waals surface area contributed by atoms with Gasteiger partial charge in [0.2, 0.25) is 0 Å². The molecule has 4 aliphatic carbocycles. The van der Waals surface area contributed by atoms with Gasteiger partial charge in [0.1, 0.15) is 5.76 Å². The van der Waals surface area contributed by atoms with Gasteiger partial charge in [0, 0.05) is 17.6 Å². The van der Waals surface area contributed by atoms with Crippen molar-refractivity contribution >= 4 is 11.5 Å². The van der Waals surface area contributed by atoms with E-state index in [9.17, 15) is 9.90 Å². The maximum atomic E-state index is 13.2. The first-order valence-corrected chi connectivity index (χ1v) is 15.2. The summed E-state index contributed by atoms with van der Waals surface area (Å²) >= 11 is 0. The number of aliphatic hydroxyl groups excluding tert-OH is 1. The molecule has 36 heavy (non-hydrogen) atoms. The molecule has 8 atom stereocenters. The first kappa shape index (κ1) is 26.1. The highest BCUT2D eigenvalue weighted by atomic mass is 16.3. The maximum Gasteiger partial charge on any atom is 0.162 e. The molecule has 1 aromatic carbocycles. The van der Waals surface area contributed by atoms with Crippen LogP contribution in [0.1, 0.15) is 111 Å². The van der Waals surface area contributed by atoms with Crippen molar-refractivity contribution in [3.8, 4) is 0 Å².